The maximum absolute atomic E-state index is 12.8. The van der Waals surface area contributed by atoms with Crippen molar-refractivity contribution in [1.82, 2.24) is 0 Å². The summed E-state index contributed by atoms with van der Waals surface area (Å²) in [6.07, 6.45) is 20.2. The first-order valence-corrected chi connectivity index (χ1v) is 35.7. The highest BCUT2D eigenvalue weighted by Gasteiger charge is 2.66. The molecule has 11 aliphatic carbocycles. The van der Waals surface area contributed by atoms with Crippen LogP contribution in [-0.2, 0) is 76.3 Å². The molecule has 0 amide bonds. The molecule has 18 heteroatoms. The summed E-state index contributed by atoms with van der Waals surface area (Å²) in [6, 6.07) is 0. The van der Waals surface area contributed by atoms with E-state index in [9.17, 15) is 48.6 Å². The van der Waals surface area contributed by atoms with Gasteiger partial charge in [-0.05, 0) is 233 Å². The summed E-state index contributed by atoms with van der Waals surface area (Å²) >= 11 is 0. The molecule has 0 spiro atoms. The van der Waals surface area contributed by atoms with E-state index in [1.54, 1.807) is 27.7 Å². The molecule has 0 aromatic rings. The average Bonchev–Trinajstić information content (AvgIpc) is 1.07. The predicted molar refractivity (Wildman–Crippen MR) is 344 cm³/mol. The van der Waals surface area contributed by atoms with Crippen molar-refractivity contribution in [1.29, 1.82) is 0 Å². The van der Waals surface area contributed by atoms with Crippen molar-refractivity contribution in [2.75, 3.05) is 13.2 Å². The van der Waals surface area contributed by atoms with Gasteiger partial charge in [-0.15, -0.1) is 0 Å². The van der Waals surface area contributed by atoms with E-state index in [-0.39, 0.29) is 94.4 Å². The van der Waals surface area contributed by atoms with Gasteiger partial charge >= 0.3 is 47.8 Å². The first-order valence-electron chi connectivity index (χ1n) is 35.7. The second kappa shape index (κ2) is 28.4. The van der Waals surface area contributed by atoms with Crippen molar-refractivity contribution in [3.63, 3.8) is 0 Å². The van der Waals surface area contributed by atoms with Gasteiger partial charge in [0.05, 0.1) is 50.8 Å². The lowest BCUT2D eigenvalue weighted by Gasteiger charge is -2.62. The summed E-state index contributed by atoms with van der Waals surface area (Å²) < 4.78 is 43.6. The van der Waals surface area contributed by atoms with Gasteiger partial charge in [-0.2, -0.15) is 0 Å². The quantitative estimate of drug-likeness (QED) is 0.0900. The zero-order valence-electron chi connectivity index (χ0n) is 59.7. The van der Waals surface area contributed by atoms with E-state index in [2.05, 4.69) is 27.7 Å². The van der Waals surface area contributed by atoms with Gasteiger partial charge in [0.1, 0.15) is 29.0 Å². The Balaban J connectivity index is 0.000000165. The van der Waals surface area contributed by atoms with Crippen molar-refractivity contribution < 1.29 is 86.5 Å². The van der Waals surface area contributed by atoms with Crippen LogP contribution in [0.25, 0.3) is 0 Å². The van der Waals surface area contributed by atoms with Gasteiger partial charge in [0.25, 0.3) is 0 Å². The van der Waals surface area contributed by atoms with Gasteiger partial charge < -0.3 is 48.1 Å². The van der Waals surface area contributed by atoms with Crippen LogP contribution in [0.3, 0.4) is 0 Å². The molecule has 18 nitrogen and oxygen atoms in total. The van der Waals surface area contributed by atoms with E-state index in [0.29, 0.717) is 62.9 Å². The van der Waals surface area contributed by atoms with Crippen LogP contribution >= 0.6 is 0 Å². The monoisotopic (exact) mass is 1300 g/mol. The highest BCUT2D eigenvalue weighted by molar-refractivity contribution is 5.83. The summed E-state index contributed by atoms with van der Waals surface area (Å²) in [4.78, 5) is 95.2. The fraction of sp³-hybridized carbons (Fsp3) is 0.892. The summed E-state index contributed by atoms with van der Waals surface area (Å²) in [5.41, 5.74) is -4.96. The van der Waals surface area contributed by atoms with Crippen LogP contribution in [0.2, 0.25) is 0 Å². The molecule has 2 saturated heterocycles. The Labute approximate surface area is 550 Å². The molecule has 13 aliphatic rings. The second-order valence-electron chi connectivity index (χ2n) is 33.8. The van der Waals surface area contributed by atoms with Crippen molar-refractivity contribution in [3.8, 4) is 0 Å². The van der Waals surface area contributed by atoms with E-state index < -0.39 is 57.1 Å². The number of cyclic esters (lactones) is 1. The van der Waals surface area contributed by atoms with E-state index in [0.717, 1.165) is 82.5 Å². The van der Waals surface area contributed by atoms with Crippen molar-refractivity contribution in [2.24, 2.45) is 80.3 Å². The molecule has 11 saturated carbocycles. The number of hydrogen-bond donors (Lipinski definition) is 2. The Hall–Kier alpha value is -4.32. The molecular weight excluding hydrogens is 1180 g/mol. The third kappa shape index (κ3) is 16.4. The van der Waals surface area contributed by atoms with Gasteiger partial charge in [0, 0.05) is 37.5 Å². The lowest BCUT2D eigenvalue weighted by Crippen LogP contribution is -2.67. The molecule has 0 aromatic carbocycles. The molecule has 13 fully saturated rings. The van der Waals surface area contributed by atoms with Crippen LogP contribution in [0.15, 0.2) is 0 Å². The van der Waals surface area contributed by atoms with E-state index in [4.69, 9.17) is 37.9 Å². The fourth-order valence-corrected chi connectivity index (χ4v) is 17.2. The Morgan fingerprint density at radius 1 is 0.554 bits per heavy atom. The number of esters is 8. The number of carbonyl (C=O) groups excluding carboxylic acids is 8. The van der Waals surface area contributed by atoms with Gasteiger partial charge in [-0.25, -0.2) is 9.59 Å². The Kier molecular flexibility index (Phi) is 23.2. The Morgan fingerprint density at radius 2 is 1.03 bits per heavy atom. The molecule has 524 valence electrons. The zero-order valence-corrected chi connectivity index (χ0v) is 59.7. The summed E-state index contributed by atoms with van der Waals surface area (Å²) in [5, 5.41) is 21.3. The van der Waals surface area contributed by atoms with Gasteiger partial charge in [-0.3, -0.25) is 28.8 Å². The first-order chi connectivity index (χ1) is 42.6. The average molecular weight is 1300 g/mol. The molecule has 2 aliphatic heterocycles. The minimum absolute atomic E-state index is 0.00636. The first kappa shape index (κ1) is 75.1. The summed E-state index contributed by atoms with van der Waals surface area (Å²) in [7, 11) is 0. The maximum atomic E-state index is 12.8. The van der Waals surface area contributed by atoms with Crippen molar-refractivity contribution >= 4 is 47.8 Å². The van der Waals surface area contributed by atoms with Gasteiger partial charge in [0.15, 0.2) is 6.61 Å². The third-order valence-corrected chi connectivity index (χ3v) is 24.6. The lowest BCUT2D eigenvalue weighted by atomic mass is 9.47. The van der Waals surface area contributed by atoms with Crippen molar-refractivity contribution in [2.45, 2.75) is 325 Å². The molecule has 92 heavy (non-hydrogen) atoms. The second-order valence-corrected chi connectivity index (χ2v) is 33.8. The maximum Gasteiger partial charge on any atom is 0.347 e. The molecule has 10 bridgehead atoms. The van der Waals surface area contributed by atoms with E-state index in [1.807, 2.05) is 69.2 Å². The molecule has 8 unspecified atom stereocenters. The largest absolute Gasteiger partial charge is 0.463 e. The van der Waals surface area contributed by atoms with Crippen LogP contribution in [-0.4, -0.2) is 117 Å². The number of carbonyl (C=O) groups is 8. The Morgan fingerprint density at radius 3 is 1.49 bits per heavy atom. The molecule has 0 radical (unpaired) electrons. The number of hydrogen-bond acceptors (Lipinski definition) is 18. The molecule has 8 atom stereocenters. The SMILES string of the molecule is CCC(C)(C)C(=O)OC1(C(C)C)C2CC3CC(C2)CC1C3.CCC(C)(C)C(=O)OC12CC3CC(O)(CC(O)(C3)C1)C2.CCC(C)(C)C(=O)OC1CCOC1=O.CCC(C)(C)C(=O)OCC(=O)OC1C2CC3C(=O)OC1C3C2.CCC1(OC(=O)C(C)(C)CC)CCCC1. The normalized spacial score (nSPS) is 34.7. The standard InChI is InChI=1S/C19H32O2.C16H22O6.C16H26O4.C13H24O2.C10H16O4/c1-6-18(4,5)17(20)21-19(12(2)3)15-8-13-7-14(10-15)11-16(19)9-13;1-4-16(2,3)15(19)20-7-11(17)21-12-8-5-9-10(6-8)14(18)22-13(9)12;1-4-13(2,3)12(17)20-16-7-11-5-14(18,9-16)8-15(19,6-11)10-16;1-5-12(3,4)11(14)15-13(6-2)9-7-8-10-13;1-4-10(2,3)9(12)14-7-5-6-13-8(7)11/h12-16H,6-11H2,1-5H3;8-10,12-13H,4-7H2,1-3H3;11,18-19H,4-10H2,1-3H3;5-10H2,1-4H3;7H,4-6H2,1-3H3. The summed E-state index contributed by atoms with van der Waals surface area (Å²) in [6.45, 7) is 35.4. The molecular formula is C74H120O18. The van der Waals surface area contributed by atoms with E-state index in [1.165, 1.54) is 44.9 Å². The molecule has 0 aromatic heterocycles. The number of fused-ring (bicyclic) bond motifs is 1. The van der Waals surface area contributed by atoms with Crippen LogP contribution in [0.1, 0.15) is 279 Å². The van der Waals surface area contributed by atoms with Crippen molar-refractivity contribution in [3.05, 3.63) is 0 Å². The number of ether oxygens (including phenoxy) is 8. The zero-order chi connectivity index (χ0) is 68.6. The molecule has 2 N–H and O–H groups in total. The summed E-state index contributed by atoms with van der Waals surface area (Å²) in [5.74, 6) is 2.07. The van der Waals surface area contributed by atoms with Gasteiger partial charge in [-0.1, -0.05) is 55.4 Å². The topological polar surface area (TPSA) is 251 Å². The molecule has 13 rings (SSSR count). The predicted octanol–water partition coefficient (Wildman–Crippen LogP) is 13.4. The minimum Gasteiger partial charge on any atom is -0.463 e. The van der Waals surface area contributed by atoms with Crippen LogP contribution in [0.5, 0.6) is 0 Å². The fourth-order valence-electron chi connectivity index (χ4n) is 17.2. The van der Waals surface area contributed by atoms with Crippen LogP contribution in [0.4, 0.5) is 0 Å². The smallest absolute Gasteiger partial charge is 0.347 e. The highest BCUT2D eigenvalue weighted by Crippen LogP contribution is 2.63. The number of rotatable bonds is 19. The van der Waals surface area contributed by atoms with Crippen LogP contribution < -0.4 is 0 Å². The van der Waals surface area contributed by atoms with Crippen LogP contribution in [0, 0.1) is 80.3 Å². The molecule has 2 heterocycles. The van der Waals surface area contributed by atoms with Gasteiger partial charge in [0.2, 0.25) is 6.10 Å². The van der Waals surface area contributed by atoms with E-state index >= 15 is 0 Å². The Bertz CT molecular complexity index is 2610. The third-order valence-electron chi connectivity index (χ3n) is 24.6. The minimum atomic E-state index is -0.842. The number of aliphatic hydroxyl groups is 2. The highest BCUT2D eigenvalue weighted by atomic mass is 16.6. The lowest BCUT2D eigenvalue weighted by molar-refractivity contribution is -0.264.